The van der Waals surface area contributed by atoms with Crippen molar-refractivity contribution >= 4 is 5.69 Å². The van der Waals surface area contributed by atoms with Gasteiger partial charge >= 0.3 is 0 Å². The van der Waals surface area contributed by atoms with E-state index in [1.54, 1.807) is 7.11 Å². The van der Waals surface area contributed by atoms with Crippen LogP contribution in [0, 0.1) is 0 Å². The highest BCUT2D eigenvalue weighted by Crippen LogP contribution is 2.51. The number of benzene rings is 2. The number of hydrogen-bond acceptors (Lipinski definition) is 3. The minimum absolute atomic E-state index is 0.288. The fourth-order valence-electron chi connectivity index (χ4n) is 2.56. The highest BCUT2D eigenvalue weighted by atomic mass is 16.5. The number of methoxy groups -OCH3 is 1. The zero-order valence-electron chi connectivity index (χ0n) is 11.0. The molecule has 0 amide bonds. The third kappa shape index (κ3) is 1.96. The summed E-state index contributed by atoms with van der Waals surface area (Å²) in [5.41, 5.74) is 16.3. The minimum Gasteiger partial charge on any atom is -0.495 e. The van der Waals surface area contributed by atoms with Crippen LogP contribution in [-0.4, -0.2) is 7.11 Å². The summed E-state index contributed by atoms with van der Waals surface area (Å²) in [7, 11) is 1.63. The zero-order chi connectivity index (χ0) is 13.5. The predicted molar refractivity (Wildman–Crippen MR) is 77.9 cm³/mol. The summed E-state index contributed by atoms with van der Waals surface area (Å²) in [6.45, 7) is 0. The summed E-state index contributed by atoms with van der Waals surface area (Å²) >= 11 is 0. The fourth-order valence-corrected chi connectivity index (χ4v) is 2.56. The van der Waals surface area contributed by atoms with E-state index in [-0.39, 0.29) is 5.54 Å². The molecule has 2 aromatic carbocycles. The molecule has 1 saturated carbocycles. The molecular formula is C16H18N2O. The van der Waals surface area contributed by atoms with Crippen LogP contribution in [0.4, 0.5) is 5.69 Å². The van der Waals surface area contributed by atoms with E-state index >= 15 is 0 Å². The monoisotopic (exact) mass is 254 g/mol. The first-order valence-electron chi connectivity index (χ1n) is 6.47. The van der Waals surface area contributed by atoms with Gasteiger partial charge in [0.2, 0.25) is 0 Å². The maximum Gasteiger partial charge on any atom is 0.142 e. The molecule has 0 heterocycles. The highest BCUT2D eigenvalue weighted by Gasteiger charge is 2.43. The summed E-state index contributed by atoms with van der Waals surface area (Å²) in [5.74, 6) is 0.700. The van der Waals surface area contributed by atoms with Crippen molar-refractivity contribution < 1.29 is 4.74 Å². The first kappa shape index (κ1) is 12.1. The Bertz CT molecular complexity index is 604. The Balaban J connectivity index is 2.23. The van der Waals surface area contributed by atoms with Gasteiger partial charge in [-0.25, -0.2) is 0 Å². The van der Waals surface area contributed by atoms with Crippen LogP contribution in [0.25, 0.3) is 11.1 Å². The van der Waals surface area contributed by atoms with Crippen molar-refractivity contribution in [2.75, 3.05) is 12.8 Å². The molecule has 1 aliphatic rings. The number of ether oxygens (including phenoxy) is 1. The molecule has 98 valence electrons. The molecule has 3 rings (SSSR count). The summed E-state index contributed by atoms with van der Waals surface area (Å²) in [4.78, 5) is 0. The van der Waals surface area contributed by atoms with Gasteiger partial charge in [-0.3, -0.25) is 0 Å². The van der Waals surface area contributed by atoms with Crippen LogP contribution in [0.3, 0.4) is 0 Å². The quantitative estimate of drug-likeness (QED) is 0.828. The molecule has 1 aliphatic carbocycles. The van der Waals surface area contributed by atoms with Crippen LogP contribution in [0.1, 0.15) is 18.4 Å². The largest absolute Gasteiger partial charge is 0.495 e. The van der Waals surface area contributed by atoms with Gasteiger partial charge in [-0.15, -0.1) is 0 Å². The summed E-state index contributed by atoms with van der Waals surface area (Å²) in [6.07, 6.45) is 1.95. The van der Waals surface area contributed by atoms with Gasteiger partial charge in [-0.2, -0.15) is 0 Å². The van der Waals surface area contributed by atoms with Crippen LogP contribution < -0.4 is 16.2 Å². The summed E-state index contributed by atoms with van der Waals surface area (Å²) in [6, 6.07) is 14.2. The number of nitrogens with two attached hydrogens (primary N) is 2. The van der Waals surface area contributed by atoms with Gasteiger partial charge in [-0.1, -0.05) is 36.4 Å². The summed E-state index contributed by atoms with van der Waals surface area (Å²) < 4.78 is 5.32. The standard InChI is InChI=1S/C16H18N2O/c1-19-13-8-7-12(11-5-3-2-4-6-11)14(15(13)17)16(18)9-10-16/h2-8H,9-10,17-18H2,1H3. The van der Waals surface area contributed by atoms with Crippen molar-refractivity contribution in [2.45, 2.75) is 18.4 Å². The molecule has 0 radical (unpaired) electrons. The maximum absolute atomic E-state index is 6.39. The predicted octanol–water partition coefficient (Wildman–Crippen LogP) is 2.89. The van der Waals surface area contributed by atoms with Gasteiger partial charge in [0.05, 0.1) is 12.8 Å². The Morgan fingerprint density at radius 3 is 2.32 bits per heavy atom. The molecule has 2 aromatic rings. The SMILES string of the molecule is COc1ccc(-c2ccccc2)c(C2(N)CC2)c1N. The highest BCUT2D eigenvalue weighted by molar-refractivity contribution is 5.79. The van der Waals surface area contributed by atoms with E-state index in [9.17, 15) is 0 Å². The van der Waals surface area contributed by atoms with E-state index in [0.717, 1.165) is 29.5 Å². The molecule has 3 nitrogen and oxygen atoms in total. The molecule has 19 heavy (non-hydrogen) atoms. The lowest BCUT2D eigenvalue weighted by atomic mass is 9.92. The molecule has 0 spiro atoms. The molecule has 0 saturated heterocycles. The lowest BCUT2D eigenvalue weighted by molar-refractivity contribution is 0.416. The van der Waals surface area contributed by atoms with Gasteiger partial charge in [0.25, 0.3) is 0 Å². The Labute approximate surface area is 113 Å². The van der Waals surface area contributed by atoms with Crippen molar-refractivity contribution in [1.82, 2.24) is 0 Å². The van der Waals surface area contributed by atoms with E-state index in [0.29, 0.717) is 11.4 Å². The molecule has 0 bridgehead atoms. The van der Waals surface area contributed by atoms with Crippen LogP contribution in [0.2, 0.25) is 0 Å². The second-order valence-electron chi connectivity index (χ2n) is 5.13. The lowest BCUT2D eigenvalue weighted by Crippen LogP contribution is -2.22. The second-order valence-corrected chi connectivity index (χ2v) is 5.13. The molecule has 1 fully saturated rings. The second kappa shape index (κ2) is 4.28. The molecule has 3 heteroatoms. The average molecular weight is 254 g/mol. The van der Waals surface area contributed by atoms with Crippen molar-refractivity contribution in [3.05, 3.63) is 48.0 Å². The first-order valence-corrected chi connectivity index (χ1v) is 6.47. The van der Waals surface area contributed by atoms with E-state index < -0.39 is 0 Å². The van der Waals surface area contributed by atoms with Gasteiger partial charge in [0.15, 0.2) is 0 Å². The van der Waals surface area contributed by atoms with Crippen molar-refractivity contribution in [2.24, 2.45) is 5.73 Å². The molecule has 0 atom stereocenters. The first-order chi connectivity index (χ1) is 9.15. The third-order valence-corrected chi connectivity index (χ3v) is 3.80. The Morgan fingerprint density at radius 2 is 1.74 bits per heavy atom. The van der Waals surface area contributed by atoms with E-state index in [2.05, 4.69) is 12.1 Å². The van der Waals surface area contributed by atoms with Crippen LogP contribution >= 0.6 is 0 Å². The van der Waals surface area contributed by atoms with Crippen LogP contribution in [0.15, 0.2) is 42.5 Å². The zero-order valence-corrected chi connectivity index (χ0v) is 11.0. The molecule has 4 N–H and O–H groups in total. The molecule has 0 aliphatic heterocycles. The number of anilines is 1. The number of hydrogen-bond donors (Lipinski definition) is 2. The molecule has 0 unspecified atom stereocenters. The minimum atomic E-state index is -0.288. The van der Waals surface area contributed by atoms with Crippen LogP contribution in [-0.2, 0) is 5.54 Å². The van der Waals surface area contributed by atoms with Gasteiger partial charge < -0.3 is 16.2 Å². The lowest BCUT2D eigenvalue weighted by Gasteiger charge is -2.20. The Kier molecular flexibility index (Phi) is 2.72. The third-order valence-electron chi connectivity index (χ3n) is 3.80. The summed E-state index contributed by atoms with van der Waals surface area (Å²) in [5, 5.41) is 0. The van der Waals surface area contributed by atoms with Crippen molar-refractivity contribution in [3.8, 4) is 16.9 Å². The van der Waals surface area contributed by atoms with Gasteiger partial charge in [-0.05, 0) is 30.0 Å². The van der Waals surface area contributed by atoms with E-state index in [1.807, 2.05) is 30.3 Å². The molecule has 0 aromatic heterocycles. The average Bonchev–Trinajstić information content (AvgIpc) is 3.18. The Morgan fingerprint density at radius 1 is 1.05 bits per heavy atom. The van der Waals surface area contributed by atoms with Crippen molar-refractivity contribution in [3.63, 3.8) is 0 Å². The maximum atomic E-state index is 6.39. The Hall–Kier alpha value is -2.00. The molecular weight excluding hydrogens is 236 g/mol. The van der Waals surface area contributed by atoms with Gasteiger partial charge in [0, 0.05) is 11.1 Å². The normalized spacial score (nSPS) is 16.1. The van der Waals surface area contributed by atoms with E-state index in [1.165, 1.54) is 0 Å². The van der Waals surface area contributed by atoms with Crippen molar-refractivity contribution in [1.29, 1.82) is 0 Å². The van der Waals surface area contributed by atoms with Crippen LogP contribution in [0.5, 0.6) is 5.75 Å². The van der Waals surface area contributed by atoms with Gasteiger partial charge in [0.1, 0.15) is 5.75 Å². The fraction of sp³-hybridized carbons (Fsp3) is 0.250. The smallest absolute Gasteiger partial charge is 0.142 e. The van der Waals surface area contributed by atoms with E-state index in [4.69, 9.17) is 16.2 Å². The number of rotatable bonds is 3. The number of nitrogen functional groups attached to an aromatic ring is 1. The topological polar surface area (TPSA) is 61.3 Å².